The molecule has 0 heterocycles. The van der Waals surface area contributed by atoms with E-state index in [4.69, 9.17) is 0 Å². The number of hydrogen-bond donors (Lipinski definition) is 1. The summed E-state index contributed by atoms with van der Waals surface area (Å²) in [6.45, 7) is 0. The number of benzene rings is 2. The van der Waals surface area contributed by atoms with Crippen molar-refractivity contribution in [3.8, 4) is 16.9 Å². The summed E-state index contributed by atoms with van der Waals surface area (Å²) in [5.74, 6) is -0.229. The summed E-state index contributed by atoms with van der Waals surface area (Å²) in [4.78, 5) is -0.435. The van der Waals surface area contributed by atoms with E-state index in [1.54, 1.807) is 24.3 Å². The van der Waals surface area contributed by atoms with Gasteiger partial charge in [-0.05, 0) is 23.8 Å². The third kappa shape index (κ3) is 3.34. The molecule has 2 aromatic carbocycles. The molecule has 6 heteroatoms. The molecule has 0 saturated heterocycles. The zero-order chi connectivity index (χ0) is 12.5. The van der Waals surface area contributed by atoms with Gasteiger partial charge in [0.2, 0.25) is 0 Å². The predicted octanol–water partition coefficient (Wildman–Crippen LogP) is -1.03. The van der Waals surface area contributed by atoms with Gasteiger partial charge >= 0.3 is 29.6 Å². The summed E-state index contributed by atoms with van der Waals surface area (Å²) in [5.41, 5.74) is 1.23. The van der Waals surface area contributed by atoms with Gasteiger partial charge in [0.25, 0.3) is 0 Å². The van der Waals surface area contributed by atoms with Gasteiger partial charge in [-0.15, -0.1) is 0 Å². The number of phenols is 1. The van der Waals surface area contributed by atoms with Crippen LogP contribution in [0.5, 0.6) is 5.75 Å². The molecule has 18 heavy (non-hydrogen) atoms. The average Bonchev–Trinajstić information content (AvgIpc) is 2.29. The van der Waals surface area contributed by atoms with Crippen LogP contribution in [0.3, 0.4) is 0 Å². The molecule has 0 aromatic heterocycles. The molecule has 0 aliphatic carbocycles. The summed E-state index contributed by atoms with van der Waals surface area (Å²) in [6, 6.07) is 12.5. The number of phenolic OH excluding ortho intramolecular Hbond substituents is 1. The van der Waals surface area contributed by atoms with Crippen LogP contribution in [-0.2, 0) is 10.1 Å². The predicted molar refractivity (Wildman–Crippen MR) is 61.5 cm³/mol. The Morgan fingerprint density at radius 1 is 1.00 bits per heavy atom. The fourth-order valence-electron chi connectivity index (χ4n) is 1.53. The van der Waals surface area contributed by atoms with E-state index < -0.39 is 15.0 Å². The van der Waals surface area contributed by atoms with E-state index in [1.165, 1.54) is 12.1 Å². The largest absolute Gasteiger partial charge is 1.00 e. The van der Waals surface area contributed by atoms with Crippen LogP contribution in [0.4, 0.5) is 0 Å². The molecule has 0 aliphatic heterocycles. The zero-order valence-electron chi connectivity index (χ0n) is 9.70. The Kier molecular flexibility index (Phi) is 4.95. The number of hydrogen-bond acceptors (Lipinski definition) is 4. The Hall–Kier alpha value is -0.850. The Labute approximate surface area is 127 Å². The maximum atomic E-state index is 10.8. The maximum Gasteiger partial charge on any atom is 1.00 e. The minimum Gasteiger partial charge on any atom is -0.744 e. The molecule has 0 fully saturated rings. The van der Waals surface area contributed by atoms with Crippen LogP contribution in [0.15, 0.2) is 53.4 Å². The molecule has 0 aliphatic rings. The molecule has 0 unspecified atom stereocenters. The van der Waals surface area contributed by atoms with Crippen LogP contribution in [0, 0.1) is 0 Å². The summed E-state index contributed by atoms with van der Waals surface area (Å²) in [7, 11) is -4.53. The van der Waals surface area contributed by atoms with Crippen molar-refractivity contribution in [2.45, 2.75) is 4.90 Å². The van der Waals surface area contributed by atoms with Gasteiger partial charge in [-0.1, -0.05) is 30.3 Å². The van der Waals surface area contributed by atoms with Crippen molar-refractivity contribution < 1.29 is 47.6 Å². The van der Waals surface area contributed by atoms with Crippen LogP contribution in [0.2, 0.25) is 0 Å². The fourth-order valence-corrected chi connectivity index (χ4v) is 2.02. The molecule has 0 radical (unpaired) electrons. The Morgan fingerprint density at radius 3 is 2.11 bits per heavy atom. The monoisotopic (exact) mass is 272 g/mol. The second-order valence-corrected chi connectivity index (χ2v) is 4.88. The van der Waals surface area contributed by atoms with Crippen molar-refractivity contribution in [1.29, 1.82) is 0 Å². The molecule has 2 rings (SSSR count). The van der Waals surface area contributed by atoms with Crippen LogP contribution in [-0.4, -0.2) is 18.1 Å². The van der Waals surface area contributed by atoms with Crippen molar-refractivity contribution in [3.63, 3.8) is 0 Å². The van der Waals surface area contributed by atoms with Gasteiger partial charge in [0.15, 0.2) is 0 Å². The SMILES string of the molecule is O=S(=O)([O-])c1ccc(-c2ccccc2)c(O)c1.[Na+]. The van der Waals surface area contributed by atoms with E-state index in [2.05, 4.69) is 0 Å². The van der Waals surface area contributed by atoms with Crippen molar-refractivity contribution in [3.05, 3.63) is 48.5 Å². The standard InChI is InChI=1S/C12H10O4S.Na/c13-12-8-10(17(14,15)16)6-7-11(12)9-4-2-1-3-5-9;/h1-8,13H,(H,14,15,16);/q;+1/p-1. The Bertz CT molecular complexity index is 638. The molecule has 2 aromatic rings. The van der Waals surface area contributed by atoms with Gasteiger partial charge in [0, 0.05) is 5.56 Å². The first-order chi connectivity index (χ1) is 7.98. The molecule has 1 N–H and O–H groups in total. The third-order valence-electron chi connectivity index (χ3n) is 2.34. The fraction of sp³-hybridized carbons (Fsp3) is 0. The van der Waals surface area contributed by atoms with Gasteiger partial charge in [-0.3, -0.25) is 0 Å². The van der Waals surface area contributed by atoms with Crippen molar-refractivity contribution >= 4 is 10.1 Å². The van der Waals surface area contributed by atoms with Gasteiger partial charge < -0.3 is 9.66 Å². The summed E-state index contributed by atoms with van der Waals surface area (Å²) in [6.07, 6.45) is 0. The van der Waals surface area contributed by atoms with E-state index in [1.807, 2.05) is 6.07 Å². The molecule has 0 bridgehead atoms. The Morgan fingerprint density at radius 2 is 1.61 bits per heavy atom. The summed E-state index contributed by atoms with van der Waals surface area (Å²) in [5, 5.41) is 9.70. The van der Waals surface area contributed by atoms with Crippen molar-refractivity contribution in [2.75, 3.05) is 0 Å². The Balaban J connectivity index is 0.00000162. The van der Waals surface area contributed by atoms with Crippen molar-refractivity contribution in [1.82, 2.24) is 0 Å². The van der Waals surface area contributed by atoms with Crippen LogP contribution in [0.1, 0.15) is 0 Å². The molecule has 88 valence electrons. The second kappa shape index (κ2) is 5.86. The molecule has 0 saturated carbocycles. The van der Waals surface area contributed by atoms with Gasteiger partial charge in [-0.2, -0.15) is 0 Å². The van der Waals surface area contributed by atoms with Crippen LogP contribution >= 0.6 is 0 Å². The zero-order valence-corrected chi connectivity index (χ0v) is 12.5. The van der Waals surface area contributed by atoms with Gasteiger partial charge in [-0.25, -0.2) is 8.42 Å². The first-order valence-corrected chi connectivity index (χ1v) is 6.23. The van der Waals surface area contributed by atoms with Crippen LogP contribution < -0.4 is 29.6 Å². The molecule has 0 atom stereocenters. The minimum atomic E-state index is -4.53. The van der Waals surface area contributed by atoms with E-state index in [-0.39, 0.29) is 35.3 Å². The number of aromatic hydroxyl groups is 1. The number of rotatable bonds is 2. The van der Waals surface area contributed by atoms with Gasteiger partial charge in [0.05, 0.1) is 4.90 Å². The molecule has 0 amide bonds. The first-order valence-electron chi connectivity index (χ1n) is 4.83. The van der Waals surface area contributed by atoms with E-state index in [0.29, 0.717) is 5.56 Å². The van der Waals surface area contributed by atoms with E-state index in [0.717, 1.165) is 11.6 Å². The van der Waals surface area contributed by atoms with E-state index in [9.17, 15) is 18.1 Å². The molecule has 4 nitrogen and oxygen atoms in total. The molecule has 0 spiro atoms. The maximum absolute atomic E-state index is 10.8. The smallest absolute Gasteiger partial charge is 0.744 e. The van der Waals surface area contributed by atoms with Crippen molar-refractivity contribution in [2.24, 2.45) is 0 Å². The van der Waals surface area contributed by atoms with Gasteiger partial charge in [0.1, 0.15) is 15.9 Å². The average molecular weight is 272 g/mol. The summed E-state index contributed by atoms with van der Waals surface area (Å²) >= 11 is 0. The first kappa shape index (κ1) is 15.2. The van der Waals surface area contributed by atoms with Crippen LogP contribution in [0.25, 0.3) is 11.1 Å². The minimum absolute atomic E-state index is 0. The second-order valence-electron chi connectivity index (χ2n) is 3.50. The topological polar surface area (TPSA) is 77.4 Å². The molecular formula is C12H9NaO4S. The quantitative estimate of drug-likeness (QED) is 0.560. The summed E-state index contributed by atoms with van der Waals surface area (Å²) < 4.78 is 32.3. The van der Waals surface area contributed by atoms with E-state index >= 15 is 0 Å². The third-order valence-corrected chi connectivity index (χ3v) is 3.17. The molecular weight excluding hydrogens is 263 g/mol. The normalized spacial score (nSPS) is 10.7.